The Morgan fingerprint density at radius 3 is 2.13 bits per heavy atom. The van der Waals surface area contributed by atoms with Crippen LogP contribution in [0.25, 0.3) is 0 Å². The largest absolute Gasteiger partial charge is 0.463 e. The maximum absolute atomic E-state index is 11.0. The summed E-state index contributed by atoms with van der Waals surface area (Å²) in [5, 5.41) is 0. The molecule has 0 aliphatic heterocycles. The summed E-state index contributed by atoms with van der Waals surface area (Å²) in [5.74, 6) is -0.791. The summed E-state index contributed by atoms with van der Waals surface area (Å²) in [5.41, 5.74) is 0. The van der Waals surface area contributed by atoms with E-state index >= 15 is 0 Å². The van der Waals surface area contributed by atoms with Gasteiger partial charge in [0.05, 0.1) is 6.61 Å². The predicted molar refractivity (Wildman–Crippen MR) is 64.6 cm³/mol. The minimum absolute atomic E-state index is 0.332. The zero-order chi connectivity index (χ0) is 11.7. The van der Waals surface area contributed by atoms with Crippen molar-refractivity contribution in [2.75, 3.05) is 6.61 Å². The molecule has 0 amide bonds. The van der Waals surface area contributed by atoms with E-state index in [1.165, 1.54) is 25.7 Å². The van der Waals surface area contributed by atoms with Gasteiger partial charge in [0.1, 0.15) is 0 Å². The second-order valence-electron chi connectivity index (χ2n) is 3.40. The lowest BCUT2D eigenvalue weighted by Gasteiger charge is -2.10. The Bertz CT molecular complexity index is 178. The van der Waals surface area contributed by atoms with Crippen LogP contribution in [0.2, 0.25) is 0 Å². The number of ether oxygens (including phenoxy) is 1. The van der Waals surface area contributed by atoms with Crippen molar-refractivity contribution >= 4 is 40.8 Å². The molecular formula is C10H17Cl3O2. The molecule has 15 heavy (non-hydrogen) atoms. The summed E-state index contributed by atoms with van der Waals surface area (Å²) >= 11 is 16.0. The van der Waals surface area contributed by atoms with E-state index in [4.69, 9.17) is 39.5 Å². The highest BCUT2D eigenvalue weighted by Gasteiger charge is 2.32. The number of esters is 1. The number of carbonyl (C=O) groups excluding carboxylic acids is 1. The quantitative estimate of drug-likeness (QED) is 0.394. The Hall–Kier alpha value is 0.340. The Labute approximate surface area is 106 Å². The lowest BCUT2D eigenvalue weighted by molar-refractivity contribution is -0.142. The minimum atomic E-state index is -1.94. The van der Waals surface area contributed by atoms with Gasteiger partial charge in [-0.05, 0) is 6.42 Å². The fourth-order valence-electron chi connectivity index (χ4n) is 1.13. The molecule has 0 aromatic carbocycles. The van der Waals surface area contributed by atoms with Gasteiger partial charge >= 0.3 is 5.97 Å². The van der Waals surface area contributed by atoms with Crippen LogP contribution in [0.3, 0.4) is 0 Å². The molecule has 0 radical (unpaired) electrons. The normalized spacial score (nSPS) is 11.5. The van der Waals surface area contributed by atoms with E-state index in [0.717, 1.165) is 12.8 Å². The summed E-state index contributed by atoms with van der Waals surface area (Å²) in [6.45, 7) is 2.50. The number of rotatable bonds is 7. The van der Waals surface area contributed by atoms with E-state index in [1.807, 2.05) is 0 Å². The third kappa shape index (κ3) is 9.28. The first-order chi connectivity index (χ1) is 6.98. The van der Waals surface area contributed by atoms with Crippen LogP contribution in [-0.2, 0) is 9.53 Å². The topological polar surface area (TPSA) is 26.3 Å². The highest BCUT2D eigenvalue weighted by molar-refractivity contribution is 6.75. The summed E-state index contributed by atoms with van der Waals surface area (Å²) in [7, 11) is 0. The molecule has 0 atom stereocenters. The van der Waals surface area contributed by atoms with Gasteiger partial charge in [-0.3, -0.25) is 0 Å². The fourth-order valence-corrected chi connectivity index (χ4v) is 1.29. The first-order valence-electron chi connectivity index (χ1n) is 5.22. The van der Waals surface area contributed by atoms with Gasteiger partial charge in [-0.1, -0.05) is 73.8 Å². The maximum Gasteiger partial charge on any atom is 0.358 e. The van der Waals surface area contributed by atoms with E-state index < -0.39 is 9.76 Å². The van der Waals surface area contributed by atoms with E-state index in [-0.39, 0.29) is 0 Å². The van der Waals surface area contributed by atoms with Gasteiger partial charge in [-0.25, -0.2) is 4.79 Å². The molecule has 0 saturated carbocycles. The third-order valence-electron chi connectivity index (χ3n) is 1.96. The Kier molecular flexibility index (Phi) is 8.68. The first-order valence-corrected chi connectivity index (χ1v) is 6.35. The fraction of sp³-hybridized carbons (Fsp3) is 0.900. The van der Waals surface area contributed by atoms with Crippen molar-refractivity contribution in [3.05, 3.63) is 0 Å². The molecule has 0 bridgehead atoms. The molecule has 0 fully saturated rings. The Morgan fingerprint density at radius 2 is 1.60 bits per heavy atom. The van der Waals surface area contributed by atoms with Crippen molar-refractivity contribution in [2.24, 2.45) is 0 Å². The molecule has 0 N–H and O–H groups in total. The van der Waals surface area contributed by atoms with Crippen molar-refractivity contribution < 1.29 is 9.53 Å². The van der Waals surface area contributed by atoms with Crippen molar-refractivity contribution in [3.8, 4) is 0 Å². The van der Waals surface area contributed by atoms with Gasteiger partial charge in [0.15, 0.2) is 0 Å². The molecule has 0 aromatic heterocycles. The Balaban J connectivity index is 3.28. The molecule has 90 valence electrons. The molecule has 0 aliphatic carbocycles. The van der Waals surface area contributed by atoms with Crippen LogP contribution in [0.1, 0.15) is 45.4 Å². The molecule has 0 spiro atoms. The Morgan fingerprint density at radius 1 is 1.07 bits per heavy atom. The zero-order valence-corrected chi connectivity index (χ0v) is 11.2. The number of hydrogen-bond acceptors (Lipinski definition) is 2. The zero-order valence-electron chi connectivity index (χ0n) is 8.90. The van der Waals surface area contributed by atoms with E-state index in [2.05, 4.69) is 6.92 Å². The van der Waals surface area contributed by atoms with E-state index in [9.17, 15) is 4.79 Å². The second-order valence-corrected chi connectivity index (χ2v) is 5.68. The number of hydrogen-bond donors (Lipinski definition) is 0. The highest BCUT2D eigenvalue weighted by atomic mass is 35.6. The molecule has 0 aromatic rings. The van der Waals surface area contributed by atoms with E-state index in [0.29, 0.717) is 6.61 Å². The molecule has 2 nitrogen and oxygen atoms in total. The first kappa shape index (κ1) is 15.3. The van der Waals surface area contributed by atoms with Crippen LogP contribution < -0.4 is 0 Å². The average Bonchev–Trinajstić information content (AvgIpc) is 2.14. The standard InChI is InChI=1S/C10H17Cl3O2/c1-2-3-4-5-6-7-8-15-9(14)10(11,12)13/h2-8H2,1H3. The van der Waals surface area contributed by atoms with Gasteiger partial charge < -0.3 is 4.74 Å². The van der Waals surface area contributed by atoms with Crippen LogP contribution >= 0.6 is 34.8 Å². The van der Waals surface area contributed by atoms with Crippen LogP contribution in [-0.4, -0.2) is 16.4 Å². The van der Waals surface area contributed by atoms with Crippen LogP contribution in [0.5, 0.6) is 0 Å². The number of halogens is 3. The predicted octanol–water partition coefficient (Wildman–Crippen LogP) is 4.26. The van der Waals surface area contributed by atoms with Gasteiger partial charge in [0.25, 0.3) is 3.79 Å². The van der Waals surface area contributed by atoms with Crippen LogP contribution in [0, 0.1) is 0 Å². The molecule has 5 heteroatoms. The van der Waals surface area contributed by atoms with Crippen molar-refractivity contribution in [1.82, 2.24) is 0 Å². The lowest BCUT2D eigenvalue weighted by Crippen LogP contribution is -2.22. The molecule has 0 rings (SSSR count). The van der Waals surface area contributed by atoms with Crippen molar-refractivity contribution in [2.45, 2.75) is 49.2 Å². The lowest BCUT2D eigenvalue weighted by atomic mass is 10.1. The number of alkyl halides is 3. The number of carbonyl (C=O) groups is 1. The van der Waals surface area contributed by atoms with Gasteiger partial charge in [0.2, 0.25) is 0 Å². The summed E-state index contributed by atoms with van der Waals surface area (Å²) < 4.78 is 2.84. The molecular weight excluding hydrogens is 258 g/mol. The van der Waals surface area contributed by atoms with E-state index in [1.54, 1.807) is 0 Å². The molecule has 0 unspecified atom stereocenters. The third-order valence-corrected chi connectivity index (χ3v) is 2.43. The summed E-state index contributed by atoms with van der Waals surface area (Å²) in [6.07, 6.45) is 6.76. The second kappa shape index (κ2) is 8.49. The van der Waals surface area contributed by atoms with Crippen LogP contribution in [0.15, 0.2) is 0 Å². The SMILES string of the molecule is CCCCCCCCOC(=O)C(Cl)(Cl)Cl. The minimum Gasteiger partial charge on any atom is -0.463 e. The average molecular weight is 276 g/mol. The van der Waals surface area contributed by atoms with Gasteiger partial charge in [-0.2, -0.15) is 0 Å². The smallest absolute Gasteiger partial charge is 0.358 e. The molecule has 0 aliphatic rings. The van der Waals surface area contributed by atoms with Crippen molar-refractivity contribution in [1.29, 1.82) is 0 Å². The molecule has 0 saturated heterocycles. The molecule has 0 heterocycles. The van der Waals surface area contributed by atoms with Crippen LogP contribution in [0.4, 0.5) is 0 Å². The summed E-state index contributed by atoms with van der Waals surface area (Å²) in [6, 6.07) is 0. The summed E-state index contributed by atoms with van der Waals surface area (Å²) in [4.78, 5) is 11.0. The van der Waals surface area contributed by atoms with Gasteiger partial charge in [0, 0.05) is 0 Å². The van der Waals surface area contributed by atoms with Gasteiger partial charge in [-0.15, -0.1) is 0 Å². The number of unbranched alkanes of at least 4 members (excludes halogenated alkanes) is 5. The highest BCUT2D eigenvalue weighted by Crippen LogP contribution is 2.27. The van der Waals surface area contributed by atoms with Crippen molar-refractivity contribution in [3.63, 3.8) is 0 Å². The maximum atomic E-state index is 11.0. The monoisotopic (exact) mass is 274 g/mol.